The molecule has 0 bridgehead atoms. The zero-order chi connectivity index (χ0) is 15.1. The molecule has 0 spiro atoms. The van der Waals surface area contributed by atoms with Gasteiger partial charge in [0.05, 0.1) is 11.5 Å². The fourth-order valence-electron chi connectivity index (χ4n) is 2.35. The maximum Gasteiger partial charge on any atom is 0.274 e. The molecular formula is C14H20N4O3. The molecule has 1 aliphatic heterocycles. The minimum Gasteiger partial charge on any atom is -0.351 e. The molecule has 0 unspecified atom stereocenters. The number of hydrogen-bond acceptors (Lipinski definition) is 5. The van der Waals surface area contributed by atoms with Crippen LogP contribution in [0.3, 0.4) is 0 Å². The number of para-hydroxylation sites is 1. The molecule has 2 rings (SSSR count). The molecule has 1 aliphatic rings. The molecule has 1 aromatic rings. The van der Waals surface area contributed by atoms with E-state index in [2.05, 4.69) is 15.5 Å². The molecule has 1 fully saturated rings. The third kappa shape index (κ3) is 4.80. The van der Waals surface area contributed by atoms with E-state index in [1.54, 1.807) is 18.2 Å². The molecular weight excluding hydrogens is 272 g/mol. The van der Waals surface area contributed by atoms with Crippen LogP contribution < -0.4 is 10.6 Å². The molecule has 1 amide bonds. The molecule has 7 nitrogen and oxygen atoms in total. The Bertz CT molecular complexity index is 499. The van der Waals surface area contributed by atoms with Gasteiger partial charge in [0.2, 0.25) is 5.91 Å². The quantitative estimate of drug-likeness (QED) is 0.610. The van der Waals surface area contributed by atoms with Crippen molar-refractivity contribution in [2.75, 3.05) is 32.7 Å². The van der Waals surface area contributed by atoms with E-state index in [9.17, 15) is 14.9 Å². The lowest BCUT2D eigenvalue weighted by molar-refractivity contribution is -0.385. The number of amides is 1. The lowest BCUT2D eigenvalue weighted by atomic mass is 10.2. The van der Waals surface area contributed by atoms with Crippen LogP contribution in [-0.4, -0.2) is 48.5 Å². The van der Waals surface area contributed by atoms with Crippen molar-refractivity contribution < 1.29 is 9.72 Å². The van der Waals surface area contributed by atoms with Crippen molar-refractivity contribution in [3.63, 3.8) is 0 Å². The lowest BCUT2D eigenvalue weighted by Gasteiger charge is -2.18. The molecule has 0 saturated carbocycles. The number of benzene rings is 1. The van der Waals surface area contributed by atoms with Crippen molar-refractivity contribution >= 4 is 11.6 Å². The molecule has 0 atom stereocenters. The summed E-state index contributed by atoms with van der Waals surface area (Å²) in [6.45, 7) is 4.13. The molecule has 21 heavy (non-hydrogen) atoms. The SMILES string of the molecule is O=C(CN1CCCNCC1)NCc1ccccc1[N+](=O)[O-]. The minimum absolute atomic E-state index is 0.0387. The molecule has 0 aromatic heterocycles. The first-order valence-electron chi connectivity index (χ1n) is 7.09. The van der Waals surface area contributed by atoms with Gasteiger partial charge in [-0.05, 0) is 19.5 Å². The normalized spacial score (nSPS) is 16.2. The van der Waals surface area contributed by atoms with Gasteiger partial charge in [0.1, 0.15) is 0 Å². The predicted molar refractivity (Wildman–Crippen MR) is 78.9 cm³/mol. The molecule has 1 aromatic carbocycles. The Labute approximate surface area is 123 Å². The first-order valence-corrected chi connectivity index (χ1v) is 7.09. The lowest BCUT2D eigenvalue weighted by Crippen LogP contribution is -2.38. The maximum atomic E-state index is 11.9. The number of carbonyl (C=O) groups excluding carboxylic acids is 1. The van der Waals surface area contributed by atoms with E-state index in [-0.39, 0.29) is 18.1 Å². The first kappa shape index (κ1) is 15.4. The van der Waals surface area contributed by atoms with Crippen molar-refractivity contribution in [2.24, 2.45) is 0 Å². The largest absolute Gasteiger partial charge is 0.351 e. The van der Waals surface area contributed by atoms with E-state index in [0.717, 1.165) is 32.6 Å². The first-order chi connectivity index (χ1) is 10.2. The average Bonchev–Trinajstić information content (AvgIpc) is 2.74. The molecule has 2 N–H and O–H groups in total. The van der Waals surface area contributed by atoms with E-state index in [1.165, 1.54) is 6.07 Å². The Morgan fingerprint density at radius 1 is 1.33 bits per heavy atom. The number of nitro benzene ring substituents is 1. The third-order valence-electron chi connectivity index (χ3n) is 3.46. The molecule has 1 saturated heterocycles. The van der Waals surface area contributed by atoms with E-state index in [4.69, 9.17) is 0 Å². The number of nitrogens with zero attached hydrogens (tertiary/aromatic N) is 2. The molecule has 0 aliphatic carbocycles. The Kier molecular flexibility index (Phi) is 5.65. The second kappa shape index (κ2) is 7.70. The van der Waals surface area contributed by atoms with Crippen molar-refractivity contribution in [2.45, 2.75) is 13.0 Å². The fourth-order valence-corrected chi connectivity index (χ4v) is 2.35. The predicted octanol–water partition coefficient (Wildman–Crippen LogP) is 0.506. The Morgan fingerprint density at radius 2 is 2.14 bits per heavy atom. The van der Waals surface area contributed by atoms with Crippen LogP contribution in [0.5, 0.6) is 0 Å². The molecule has 0 radical (unpaired) electrons. The molecule has 114 valence electrons. The van der Waals surface area contributed by atoms with Gasteiger partial charge < -0.3 is 10.6 Å². The van der Waals surface area contributed by atoms with Gasteiger partial charge in [-0.2, -0.15) is 0 Å². The Morgan fingerprint density at radius 3 is 2.95 bits per heavy atom. The van der Waals surface area contributed by atoms with Gasteiger partial charge in [-0.15, -0.1) is 0 Å². The second-order valence-corrected chi connectivity index (χ2v) is 5.04. The van der Waals surface area contributed by atoms with Crippen LogP contribution in [0.2, 0.25) is 0 Å². The van der Waals surface area contributed by atoms with Gasteiger partial charge in [0, 0.05) is 31.3 Å². The number of carbonyl (C=O) groups is 1. The summed E-state index contributed by atoms with van der Waals surface area (Å²) in [4.78, 5) is 24.5. The molecule has 1 heterocycles. The zero-order valence-corrected chi connectivity index (χ0v) is 11.9. The number of nitro groups is 1. The summed E-state index contributed by atoms with van der Waals surface area (Å²) < 4.78 is 0. The van der Waals surface area contributed by atoms with Gasteiger partial charge in [0.25, 0.3) is 5.69 Å². The van der Waals surface area contributed by atoms with E-state index >= 15 is 0 Å². The summed E-state index contributed by atoms with van der Waals surface area (Å²) in [5.41, 5.74) is 0.560. The summed E-state index contributed by atoms with van der Waals surface area (Å²) in [6.07, 6.45) is 1.03. The van der Waals surface area contributed by atoms with Gasteiger partial charge >= 0.3 is 0 Å². The van der Waals surface area contributed by atoms with Crippen molar-refractivity contribution in [1.82, 2.24) is 15.5 Å². The van der Waals surface area contributed by atoms with Gasteiger partial charge in [-0.3, -0.25) is 19.8 Å². The monoisotopic (exact) mass is 292 g/mol. The maximum absolute atomic E-state index is 11.9. The third-order valence-corrected chi connectivity index (χ3v) is 3.46. The summed E-state index contributed by atoms with van der Waals surface area (Å²) in [5.74, 6) is -0.102. The number of rotatable bonds is 5. The highest BCUT2D eigenvalue weighted by molar-refractivity contribution is 5.78. The van der Waals surface area contributed by atoms with Crippen LogP contribution in [0, 0.1) is 10.1 Å². The van der Waals surface area contributed by atoms with Crippen molar-refractivity contribution in [3.05, 3.63) is 39.9 Å². The summed E-state index contributed by atoms with van der Waals surface area (Å²) in [7, 11) is 0. The topological polar surface area (TPSA) is 87.5 Å². The summed E-state index contributed by atoms with van der Waals surface area (Å²) in [5, 5.41) is 16.9. The smallest absolute Gasteiger partial charge is 0.274 e. The second-order valence-electron chi connectivity index (χ2n) is 5.04. The van der Waals surface area contributed by atoms with Gasteiger partial charge in [0.15, 0.2) is 0 Å². The van der Waals surface area contributed by atoms with Crippen molar-refractivity contribution in [1.29, 1.82) is 0 Å². The Hall–Kier alpha value is -1.99. The Balaban J connectivity index is 1.85. The minimum atomic E-state index is -0.429. The van der Waals surface area contributed by atoms with Gasteiger partial charge in [-0.25, -0.2) is 0 Å². The van der Waals surface area contributed by atoms with E-state index in [0.29, 0.717) is 12.1 Å². The summed E-state index contributed by atoms with van der Waals surface area (Å²) in [6, 6.07) is 6.46. The number of nitrogens with one attached hydrogen (secondary N) is 2. The van der Waals surface area contributed by atoms with E-state index in [1.807, 2.05) is 0 Å². The van der Waals surface area contributed by atoms with Crippen LogP contribution in [0.4, 0.5) is 5.69 Å². The van der Waals surface area contributed by atoms with Crippen LogP contribution >= 0.6 is 0 Å². The zero-order valence-electron chi connectivity index (χ0n) is 11.9. The van der Waals surface area contributed by atoms with Gasteiger partial charge in [-0.1, -0.05) is 18.2 Å². The average molecular weight is 292 g/mol. The highest BCUT2D eigenvalue weighted by Crippen LogP contribution is 2.16. The van der Waals surface area contributed by atoms with Crippen LogP contribution in [0.15, 0.2) is 24.3 Å². The highest BCUT2D eigenvalue weighted by Gasteiger charge is 2.15. The van der Waals surface area contributed by atoms with Crippen molar-refractivity contribution in [3.8, 4) is 0 Å². The summed E-state index contributed by atoms with van der Waals surface area (Å²) >= 11 is 0. The van der Waals surface area contributed by atoms with E-state index < -0.39 is 4.92 Å². The van der Waals surface area contributed by atoms with Crippen LogP contribution in [-0.2, 0) is 11.3 Å². The highest BCUT2D eigenvalue weighted by atomic mass is 16.6. The van der Waals surface area contributed by atoms with Crippen LogP contribution in [0.25, 0.3) is 0 Å². The molecule has 7 heteroatoms. The standard InChI is InChI=1S/C14H20N4O3/c19-14(11-17-8-3-6-15-7-9-17)16-10-12-4-1-2-5-13(12)18(20)21/h1-2,4-5,15H,3,6-11H2,(H,16,19). The van der Waals surface area contributed by atoms with Crippen LogP contribution in [0.1, 0.15) is 12.0 Å². The fraction of sp³-hybridized carbons (Fsp3) is 0.500. The number of hydrogen-bond donors (Lipinski definition) is 2.